The highest BCUT2D eigenvalue weighted by molar-refractivity contribution is 5.79. The summed E-state index contributed by atoms with van der Waals surface area (Å²) in [5.41, 5.74) is 0. The zero-order valence-electron chi connectivity index (χ0n) is 9.11. The van der Waals surface area contributed by atoms with E-state index >= 15 is 0 Å². The van der Waals surface area contributed by atoms with Crippen molar-refractivity contribution in [2.24, 2.45) is 0 Å². The van der Waals surface area contributed by atoms with Gasteiger partial charge >= 0.3 is 0 Å². The number of rotatable bonds is 3. The van der Waals surface area contributed by atoms with E-state index in [1.165, 1.54) is 0 Å². The van der Waals surface area contributed by atoms with Gasteiger partial charge in [-0.25, -0.2) is 0 Å². The van der Waals surface area contributed by atoms with E-state index in [2.05, 4.69) is 11.9 Å². The molecule has 0 aliphatic heterocycles. The Morgan fingerprint density at radius 3 is 3.13 bits per heavy atom. The Morgan fingerprint density at radius 2 is 2.47 bits per heavy atom. The normalized spacial score (nSPS) is 22.3. The predicted molar refractivity (Wildman–Crippen MR) is 57.4 cm³/mol. The van der Waals surface area contributed by atoms with Gasteiger partial charge in [0.1, 0.15) is 11.5 Å². The molecule has 1 aromatic rings. The van der Waals surface area contributed by atoms with Gasteiger partial charge in [0, 0.05) is 18.9 Å². The number of hydrogen-bond acceptors (Lipinski definition) is 3. The van der Waals surface area contributed by atoms with Crippen LogP contribution in [0.1, 0.15) is 31.4 Å². The minimum Gasteiger partial charge on any atom is -0.468 e. The molecule has 1 atom stereocenters. The molecule has 0 N–H and O–H groups in total. The zero-order valence-corrected chi connectivity index (χ0v) is 9.11. The van der Waals surface area contributed by atoms with Crippen molar-refractivity contribution >= 4 is 5.78 Å². The summed E-state index contributed by atoms with van der Waals surface area (Å²) in [7, 11) is 2.06. The topological polar surface area (TPSA) is 33.5 Å². The Labute approximate surface area is 90.1 Å². The molecule has 3 heteroatoms. The summed E-state index contributed by atoms with van der Waals surface area (Å²) < 4.78 is 5.30. The number of furan rings is 1. The lowest BCUT2D eigenvalue weighted by atomic mass is 9.93. The van der Waals surface area contributed by atoms with E-state index in [1.54, 1.807) is 6.26 Å². The Hall–Kier alpha value is -1.09. The van der Waals surface area contributed by atoms with Gasteiger partial charge < -0.3 is 4.42 Å². The number of nitrogens with zero attached hydrogens (tertiary/aromatic N) is 1. The molecule has 0 bridgehead atoms. The Morgan fingerprint density at radius 1 is 1.60 bits per heavy atom. The van der Waals surface area contributed by atoms with E-state index in [9.17, 15) is 4.79 Å². The first-order valence-electron chi connectivity index (χ1n) is 5.50. The predicted octanol–water partition coefficient (Wildman–Crippen LogP) is 2.22. The number of carbonyl (C=O) groups is 1. The van der Waals surface area contributed by atoms with Crippen LogP contribution in [0.25, 0.3) is 0 Å². The number of hydrogen-bond donors (Lipinski definition) is 0. The van der Waals surface area contributed by atoms with E-state index in [0.29, 0.717) is 18.2 Å². The second-order valence-corrected chi connectivity index (χ2v) is 4.28. The molecule has 1 unspecified atom stereocenters. The maximum Gasteiger partial charge on any atom is 0.134 e. The monoisotopic (exact) mass is 207 g/mol. The standard InChI is InChI=1S/C12H17NO2/c1-13(9-12-6-3-7-15-12)10-4-2-5-11(14)8-10/h3,6-7,10H,2,4-5,8-9H2,1H3. The molecule has 1 aliphatic carbocycles. The summed E-state index contributed by atoms with van der Waals surface area (Å²) in [5.74, 6) is 1.37. The lowest BCUT2D eigenvalue weighted by molar-refractivity contribution is -0.121. The van der Waals surface area contributed by atoms with Crippen LogP contribution < -0.4 is 0 Å². The third-order valence-electron chi connectivity index (χ3n) is 3.06. The Bertz CT molecular complexity index is 318. The molecule has 1 aromatic heterocycles. The van der Waals surface area contributed by atoms with E-state index in [-0.39, 0.29) is 0 Å². The minimum atomic E-state index is 0.399. The number of Topliss-reactive ketones (excluding diaryl/α,β-unsaturated/α-hetero) is 1. The van der Waals surface area contributed by atoms with Gasteiger partial charge in [0.25, 0.3) is 0 Å². The van der Waals surface area contributed by atoms with E-state index in [4.69, 9.17) is 4.42 Å². The summed E-state index contributed by atoms with van der Waals surface area (Å²) in [5, 5.41) is 0. The molecule has 0 amide bonds. The molecule has 0 saturated heterocycles. The van der Waals surface area contributed by atoms with Gasteiger partial charge in [0.2, 0.25) is 0 Å². The fraction of sp³-hybridized carbons (Fsp3) is 0.583. The third kappa shape index (κ3) is 2.69. The first-order valence-corrected chi connectivity index (χ1v) is 5.50. The van der Waals surface area contributed by atoms with Gasteiger partial charge in [-0.3, -0.25) is 9.69 Å². The van der Waals surface area contributed by atoms with Gasteiger partial charge in [-0.1, -0.05) is 0 Å². The molecular weight excluding hydrogens is 190 g/mol. The van der Waals surface area contributed by atoms with Gasteiger partial charge in [-0.15, -0.1) is 0 Å². The minimum absolute atomic E-state index is 0.399. The van der Waals surface area contributed by atoms with Crippen molar-refractivity contribution in [3.8, 4) is 0 Å². The van der Waals surface area contributed by atoms with Crippen LogP contribution in [-0.4, -0.2) is 23.8 Å². The van der Waals surface area contributed by atoms with Crippen LogP contribution in [0.15, 0.2) is 22.8 Å². The van der Waals surface area contributed by atoms with E-state index in [0.717, 1.165) is 31.6 Å². The SMILES string of the molecule is CN(Cc1ccco1)C1CCCC(=O)C1. The maximum atomic E-state index is 11.3. The number of ketones is 1. The molecule has 0 spiro atoms. The second kappa shape index (κ2) is 4.62. The summed E-state index contributed by atoms with van der Waals surface area (Å²) >= 11 is 0. The maximum absolute atomic E-state index is 11.3. The molecule has 15 heavy (non-hydrogen) atoms. The van der Waals surface area contributed by atoms with Crippen molar-refractivity contribution in [2.45, 2.75) is 38.3 Å². The van der Waals surface area contributed by atoms with Crippen LogP contribution in [0.3, 0.4) is 0 Å². The molecule has 1 fully saturated rings. The molecule has 1 heterocycles. The zero-order chi connectivity index (χ0) is 10.7. The summed E-state index contributed by atoms with van der Waals surface area (Å²) in [6, 6.07) is 4.27. The van der Waals surface area contributed by atoms with Crippen LogP contribution in [0.2, 0.25) is 0 Å². The van der Waals surface area contributed by atoms with Crippen LogP contribution >= 0.6 is 0 Å². The van der Waals surface area contributed by atoms with E-state index in [1.807, 2.05) is 12.1 Å². The molecular formula is C12H17NO2. The third-order valence-corrected chi connectivity index (χ3v) is 3.06. The molecule has 1 saturated carbocycles. The smallest absolute Gasteiger partial charge is 0.134 e. The molecule has 82 valence electrons. The highest BCUT2D eigenvalue weighted by Crippen LogP contribution is 2.20. The lowest BCUT2D eigenvalue weighted by Crippen LogP contribution is -2.35. The van der Waals surface area contributed by atoms with Crippen molar-refractivity contribution in [3.05, 3.63) is 24.2 Å². The Kier molecular flexibility index (Phi) is 3.21. The fourth-order valence-electron chi connectivity index (χ4n) is 2.16. The average molecular weight is 207 g/mol. The van der Waals surface area contributed by atoms with Crippen molar-refractivity contribution in [1.29, 1.82) is 0 Å². The second-order valence-electron chi connectivity index (χ2n) is 4.28. The van der Waals surface area contributed by atoms with Crippen molar-refractivity contribution in [2.75, 3.05) is 7.05 Å². The molecule has 2 rings (SSSR count). The van der Waals surface area contributed by atoms with Gasteiger partial charge in [0.15, 0.2) is 0 Å². The molecule has 3 nitrogen and oxygen atoms in total. The highest BCUT2D eigenvalue weighted by Gasteiger charge is 2.23. The summed E-state index contributed by atoms with van der Waals surface area (Å²) in [4.78, 5) is 13.5. The van der Waals surface area contributed by atoms with E-state index < -0.39 is 0 Å². The first-order chi connectivity index (χ1) is 7.25. The highest BCUT2D eigenvalue weighted by atomic mass is 16.3. The van der Waals surface area contributed by atoms with Gasteiger partial charge in [0.05, 0.1) is 12.8 Å². The molecule has 0 radical (unpaired) electrons. The first kappa shape index (κ1) is 10.4. The molecule has 0 aromatic carbocycles. The van der Waals surface area contributed by atoms with Gasteiger partial charge in [-0.2, -0.15) is 0 Å². The molecule has 1 aliphatic rings. The summed E-state index contributed by atoms with van der Waals surface area (Å²) in [6.45, 7) is 0.797. The quantitative estimate of drug-likeness (QED) is 0.762. The fourth-order valence-corrected chi connectivity index (χ4v) is 2.16. The largest absolute Gasteiger partial charge is 0.468 e. The summed E-state index contributed by atoms with van der Waals surface area (Å²) in [6.07, 6.45) is 5.33. The number of carbonyl (C=O) groups excluding carboxylic acids is 1. The van der Waals surface area contributed by atoms with Crippen LogP contribution in [0, 0.1) is 0 Å². The van der Waals surface area contributed by atoms with Crippen LogP contribution in [0.4, 0.5) is 0 Å². The van der Waals surface area contributed by atoms with Crippen molar-refractivity contribution < 1.29 is 9.21 Å². The average Bonchev–Trinajstić information content (AvgIpc) is 2.70. The lowest BCUT2D eigenvalue weighted by Gasteiger charge is -2.29. The van der Waals surface area contributed by atoms with Crippen LogP contribution in [0.5, 0.6) is 0 Å². The van der Waals surface area contributed by atoms with Crippen molar-refractivity contribution in [1.82, 2.24) is 4.90 Å². The van der Waals surface area contributed by atoms with Gasteiger partial charge in [-0.05, 0) is 32.0 Å². The Balaban J connectivity index is 1.90. The van der Waals surface area contributed by atoms with Crippen molar-refractivity contribution in [3.63, 3.8) is 0 Å². The van der Waals surface area contributed by atoms with Crippen LogP contribution in [-0.2, 0) is 11.3 Å².